The molecule has 0 unspecified atom stereocenters. The van der Waals surface area contributed by atoms with Gasteiger partial charge in [0.05, 0.1) is 24.5 Å². The van der Waals surface area contributed by atoms with Crippen LogP contribution in [0, 0.1) is 0 Å². The molecule has 1 aromatic carbocycles. The highest BCUT2D eigenvalue weighted by Crippen LogP contribution is 2.25. The maximum Gasteiger partial charge on any atom is 0.354 e. The Hall–Kier alpha value is -2.45. The number of carboxylic acid groups (broad SMARTS) is 1. The Balaban J connectivity index is 0.00000182. The van der Waals surface area contributed by atoms with Crippen molar-refractivity contribution in [3.05, 3.63) is 59.9 Å². The van der Waals surface area contributed by atoms with Gasteiger partial charge in [-0.2, -0.15) is 5.10 Å². The van der Waals surface area contributed by atoms with Crippen molar-refractivity contribution in [1.82, 2.24) is 14.8 Å². The summed E-state index contributed by atoms with van der Waals surface area (Å²) in [6.45, 7) is 0.632. The van der Waals surface area contributed by atoms with Crippen molar-refractivity contribution in [3.8, 4) is 22.5 Å². The fourth-order valence-electron chi connectivity index (χ4n) is 2.55. The first-order chi connectivity index (χ1) is 12.1. The molecule has 0 amide bonds. The number of hydrogen-bond donors (Lipinski definition) is 3. The fourth-order valence-corrected chi connectivity index (χ4v) is 2.55. The van der Waals surface area contributed by atoms with Crippen molar-refractivity contribution in [1.29, 1.82) is 0 Å². The number of carboxylic acids is 1. The van der Waals surface area contributed by atoms with Crippen LogP contribution in [-0.2, 0) is 13.2 Å². The molecular weight excluding hydrogens is 391 g/mol. The second-order valence-electron chi connectivity index (χ2n) is 5.52. The maximum atomic E-state index is 11.4. The highest BCUT2D eigenvalue weighted by Gasteiger charge is 2.15. The molecule has 27 heavy (non-hydrogen) atoms. The van der Waals surface area contributed by atoms with Gasteiger partial charge in [0, 0.05) is 23.9 Å². The highest BCUT2D eigenvalue weighted by molar-refractivity contribution is 5.87. The monoisotopic (exact) mass is 410 g/mol. The number of benzene rings is 1. The van der Waals surface area contributed by atoms with Crippen molar-refractivity contribution < 1.29 is 15.0 Å². The van der Waals surface area contributed by atoms with Gasteiger partial charge >= 0.3 is 5.97 Å². The zero-order valence-electron chi connectivity index (χ0n) is 14.3. The quantitative estimate of drug-likeness (QED) is 0.575. The number of aliphatic hydroxyl groups excluding tert-OH is 1. The van der Waals surface area contributed by atoms with Crippen LogP contribution in [0.4, 0.5) is 0 Å². The molecule has 9 heteroatoms. The average molecular weight is 411 g/mol. The number of carbonyl (C=O) groups is 1. The highest BCUT2D eigenvalue weighted by atomic mass is 35.5. The van der Waals surface area contributed by atoms with E-state index in [9.17, 15) is 9.90 Å². The molecule has 0 atom stereocenters. The fraction of sp³-hybridized carbons (Fsp3) is 0.167. The van der Waals surface area contributed by atoms with Crippen molar-refractivity contribution in [3.63, 3.8) is 0 Å². The Kier molecular flexibility index (Phi) is 8.39. The number of pyridine rings is 1. The summed E-state index contributed by atoms with van der Waals surface area (Å²) in [6.07, 6.45) is 1.66. The third-order valence-corrected chi connectivity index (χ3v) is 3.83. The third kappa shape index (κ3) is 5.05. The van der Waals surface area contributed by atoms with Gasteiger partial charge in [-0.1, -0.05) is 24.3 Å². The number of halogens is 2. The minimum absolute atomic E-state index is 0. The van der Waals surface area contributed by atoms with E-state index < -0.39 is 5.97 Å². The van der Waals surface area contributed by atoms with Gasteiger partial charge in [0.2, 0.25) is 0 Å². The van der Waals surface area contributed by atoms with Crippen LogP contribution in [0.25, 0.3) is 22.5 Å². The number of hydrogen-bond acceptors (Lipinski definition) is 5. The van der Waals surface area contributed by atoms with Crippen LogP contribution in [0.2, 0.25) is 0 Å². The number of rotatable bonds is 6. The van der Waals surface area contributed by atoms with Gasteiger partial charge in [0.25, 0.3) is 0 Å². The molecular formula is C18H20Cl2N4O3. The smallest absolute Gasteiger partial charge is 0.354 e. The summed E-state index contributed by atoms with van der Waals surface area (Å²) in [7, 11) is 0. The molecule has 2 aromatic heterocycles. The normalized spacial score (nSPS) is 10.0. The lowest BCUT2D eigenvalue weighted by atomic mass is 10.1. The van der Waals surface area contributed by atoms with E-state index in [-0.39, 0.29) is 37.1 Å². The molecule has 4 N–H and O–H groups in total. The average Bonchev–Trinajstić information content (AvgIpc) is 3.07. The van der Waals surface area contributed by atoms with Crippen LogP contribution in [0.15, 0.2) is 48.7 Å². The van der Waals surface area contributed by atoms with Crippen LogP contribution in [0.5, 0.6) is 0 Å². The van der Waals surface area contributed by atoms with Crippen molar-refractivity contribution in [2.45, 2.75) is 13.2 Å². The molecule has 0 bridgehead atoms. The molecule has 0 saturated carbocycles. The Labute approximate surface area is 168 Å². The second-order valence-corrected chi connectivity index (χ2v) is 5.52. The second kappa shape index (κ2) is 10.0. The van der Waals surface area contributed by atoms with E-state index in [1.54, 1.807) is 12.3 Å². The molecule has 0 aliphatic heterocycles. The molecule has 0 aliphatic rings. The zero-order chi connectivity index (χ0) is 17.8. The summed E-state index contributed by atoms with van der Waals surface area (Å²) < 4.78 is 1.40. The van der Waals surface area contributed by atoms with E-state index in [2.05, 4.69) is 10.1 Å². The van der Waals surface area contributed by atoms with E-state index in [1.165, 1.54) is 10.7 Å². The first-order valence-corrected chi connectivity index (χ1v) is 7.80. The summed E-state index contributed by atoms with van der Waals surface area (Å²) in [5.41, 5.74) is 9.42. The molecule has 7 nitrogen and oxygen atoms in total. The summed E-state index contributed by atoms with van der Waals surface area (Å²) in [6, 6.07) is 12.6. The Morgan fingerprint density at radius 2 is 1.74 bits per heavy atom. The van der Waals surface area contributed by atoms with Gasteiger partial charge in [0.15, 0.2) is 0 Å². The lowest BCUT2D eigenvalue weighted by molar-refractivity contribution is 0.0683. The van der Waals surface area contributed by atoms with Crippen LogP contribution in [-0.4, -0.2) is 37.5 Å². The van der Waals surface area contributed by atoms with Gasteiger partial charge in [-0.05, 0) is 23.8 Å². The van der Waals surface area contributed by atoms with E-state index in [1.807, 2.05) is 30.3 Å². The number of aliphatic hydroxyl groups is 1. The Morgan fingerprint density at radius 3 is 2.33 bits per heavy atom. The topological polar surface area (TPSA) is 114 Å². The lowest BCUT2D eigenvalue weighted by Crippen LogP contribution is -2.16. The Morgan fingerprint density at radius 1 is 1.04 bits per heavy atom. The summed E-state index contributed by atoms with van der Waals surface area (Å²) >= 11 is 0. The minimum Gasteiger partial charge on any atom is -0.477 e. The SMILES string of the molecule is Cl.Cl.NCCn1nc(-c2ccnc(-c3ccc(CO)cc3)c2)cc1C(=O)O. The Bertz CT molecular complexity index is 898. The van der Waals surface area contributed by atoms with Crippen LogP contribution in [0.3, 0.4) is 0 Å². The van der Waals surface area contributed by atoms with E-state index in [0.29, 0.717) is 18.8 Å². The van der Waals surface area contributed by atoms with Crippen LogP contribution >= 0.6 is 24.8 Å². The van der Waals surface area contributed by atoms with E-state index >= 15 is 0 Å². The van der Waals surface area contributed by atoms with Gasteiger partial charge in [-0.3, -0.25) is 9.67 Å². The van der Waals surface area contributed by atoms with Gasteiger partial charge in [-0.25, -0.2) is 4.79 Å². The van der Waals surface area contributed by atoms with Gasteiger partial charge < -0.3 is 15.9 Å². The molecule has 0 aliphatic carbocycles. The van der Waals surface area contributed by atoms with Crippen molar-refractivity contribution in [2.75, 3.05) is 6.54 Å². The zero-order valence-corrected chi connectivity index (χ0v) is 15.9. The molecule has 0 saturated heterocycles. The third-order valence-electron chi connectivity index (χ3n) is 3.83. The molecule has 2 heterocycles. The standard InChI is InChI=1S/C18H18N4O3.2ClH/c19-6-8-22-17(18(24)25)10-16(21-22)14-5-7-20-15(9-14)13-3-1-12(11-23)2-4-13;;/h1-5,7,9-10,23H,6,8,11,19H2,(H,24,25);2*1H. The molecule has 0 spiro atoms. The lowest BCUT2D eigenvalue weighted by Gasteiger charge is -2.04. The van der Waals surface area contributed by atoms with Gasteiger partial charge in [-0.15, -0.1) is 24.8 Å². The largest absolute Gasteiger partial charge is 0.477 e. The number of nitrogens with zero attached hydrogens (tertiary/aromatic N) is 3. The number of nitrogens with two attached hydrogens (primary N) is 1. The van der Waals surface area contributed by atoms with Crippen molar-refractivity contribution >= 4 is 30.8 Å². The molecule has 3 rings (SSSR count). The number of aromatic carboxylic acids is 1. The predicted molar refractivity (Wildman–Crippen MR) is 107 cm³/mol. The summed E-state index contributed by atoms with van der Waals surface area (Å²) in [4.78, 5) is 15.7. The first-order valence-electron chi connectivity index (χ1n) is 7.80. The van der Waals surface area contributed by atoms with Crippen LogP contribution in [0.1, 0.15) is 16.1 Å². The molecule has 3 aromatic rings. The summed E-state index contributed by atoms with van der Waals surface area (Å²) in [5, 5.41) is 22.8. The summed E-state index contributed by atoms with van der Waals surface area (Å²) in [5.74, 6) is -1.04. The van der Waals surface area contributed by atoms with Crippen molar-refractivity contribution in [2.24, 2.45) is 5.73 Å². The van der Waals surface area contributed by atoms with E-state index in [0.717, 1.165) is 22.4 Å². The van der Waals surface area contributed by atoms with E-state index in [4.69, 9.17) is 10.8 Å². The number of aromatic nitrogens is 3. The predicted octanol–water partition coefficient (Wildman–Crippen LogP) is 2.60. The minimum atomic E-state index is -1.04. The van der Waals surface area contributed by atoms with Gasteiger partial charge in [0.1, 0.15) is 5.69 Å². The molecule has 144 valence electrons. The molecule has 0 fully saturated rings. The maximum absolute atomic E-state index is 11.4. The van der Waals surface area contributed by atoms with Crippen LogP contribution < -0.4 is 5.73 Å². The molecule has 0 radical (unpaired) electrons. The first kappa shape index (κ1) is 22.6.